The van der Waals surface area contributed by atoms with Gasteiger partial charge in [0.25, 0.3) is 0 Å². The summed E-state index contributed by atoms with van der Waals surface area (Å²) >= 11 is 1.51. The maximum Gasteiger partial charge on any atom is 0.133 e. The minimum atomic E-state index is 0.843. The van der Waals surface area contributed by atoms with Crippen LogP contribution in [0.3, 0.4) is 0 Å². The topological polar surface area (TPSA) is 63.6 Å². The van der Waals surface area contributed by atoms with Crippen molar-refractivity contribution in [2.24, 2.45) is 0 Å². The first kappa shape index (κ1) is 11.8. The smallest absolute Gasteiger partial charge is 0.133 e. The molecule has 0 spiro atoms. The molecule has 0 fully saturated rings. The number of hydrogen-bond donors (Lipinski definition) is 1. The molecule has 5 nitrogen and oxygen atoms in total. The molecular weight excluding hydrogens is 234 g/mol. The lowest BCUT2D eigenvalue weighted by Gasteiger charge is -2.08. The fraction of sp³-hybridized carbons (Fsp3) is 0.273. The molecule has 6 heteroatoms. The maximum atomic E-state index is 4.27. The fourth-order valence-electron chi connectivity index (χ4n) is 1.32. The summed E-state index contributed by atoms with van der Waals surface area (Å²) in [6.07, 6.45) is 4.82. The van der Waals surface area contributed by atoms with Crippen LogP contribution in [-0.2, 0) is 0 Å². The molecule has 0 atom stereocenters. The van der Waals surface area contributed by atoms with Gasteiger partial charge in [-0.1, -0.05) is 0 Å². The summed E-state index contributed by atoms with van der Waals surface area (Å²) in [5.41, 5.74) is 1.04. The van der Waals surface area contributed by atoms with Gasteiger partial charge in [-0.2, -0.15) is 0 Å². The number of hydrogen-bond acceptors (Lipinski definition) is 6. The normalized spacial score (nSPS) is 10.2. The molecule has 0 aliphatic rings. The summed E-state index contributed by atoms with van der Waals surface area (Å²) in [7, 11) is 0. The van der Waals surface area contributed by atoms with E-state index in [2.05, 4.69) is 25.3 Å². The first-order valence-corrected chi connectivity index (χ1v) is 6.12. The fourth-order valence-corrected chi connectivity index (χ4v) is 2.10. The van der Waals surface area contributed by atoms with E-state index in [-0.39, 0.29) is 0 Å². The van der Waals surface area contributed by atoms with Gasteiger partial charge in [0.2, 0.25) is 0 Å². The van der Waals surface area contributed by atoms with Gasteiger partial charge < -0.3 is 5.32 Å². The van der Waals surface area contributed by atoms with E-state index >= 15 is 0 Å². The Bertz CT molecular complexity index is 488. The second kappa shape index (κ2) is 5.58. The van der Waals surface area contributed by atoms with Gasteiger partial charge in [0.1, 0.15) is 28.5 Å². The Kier molecular flexibility index (Phi) is 3.87. The van der Waals surface area contributed by atoms with Crippen molar-refractivity contribution in [3.63, 3.8) is 0 Å². The van der Waals surface area contributed by atoms with Gasteiger partial charge in [0, 0.05) is 18.3 Å². The quantitative estimate of drug-likeness (QED) is 0.835. The Morgan fingerprint density at radius 1 is 1.24 bits per heavy atom. The molecule has 0 saturated heterocycles. The van der Waals surface area contributed by atoms with Crippen molar-refractivity contribution in [1.82, 2.24) is 19.9 Å². The number of aromatic nitrogens is 4. The molecule has 2 rings (SSSR count). The van der Waals surface area contributed by atoms with Gasteiger partial charge in [-0.05, 0) is 31.7 Å². The van der Waals surface area contributed by atoms with E-state index in [4.69, 9.17) is 0 Å². The molecule has 0 aromatic carbocycles. The first-order chi connectivity index (χ1) is 8.31. The van der Waals surface area contributed by atoms with Crippen LogP contribution in [0.1, 0.15) is 12.5 Å². The molecule has 0 amide bonds. The van der Waals surface area contributed by atoms with Crippen molar-refractivity contribution in [3.05, 3.63) is 30.5 Å². The molecule has 0 unspecified atom stereocenters. The van der Waals surface area contributed by atoms with Crippen LogP contribution in [0, 0.1) is 6.92 Å². The highest BCUT2D eigenvalue weighted by atomic mass is 32.2. The van der Waals surface area contributed by atoms with Gasteiger partial charge in [0.05, 0.1) is 0 Å². The molecule has 2 heterocycles. The second-order valence-electron chi connectivity index (χ2n) is 3.33. The van der Waals surface area contributed by atoms with Crippen molar-refractivity contribution in [3.8, 4) is 0 Å². The SMILES string of the molecule is CCNc1ncnc(Sc2ccncn2)c1C. The molecule has 88 valence electrons. The van der Waals surface area contributed by atoms with Crippen LogP contribution < -0.4 is 5.32 Å². The van der Waals surface area contributed by atoms with Crippen LogP contribution in [-0.4, -0.2) is 26.5 Å². The highest BCUT2D eigenvalue weighted by molar-refractivity contribution is 7.99. The van der Waals surface area contributed by atoms with Crippen LogP contribution in [0.4, 0.5) is 5.82 Å². The van der Waals surface area contributed by atoms with Crippen molar-refractivity contribution in [1.29, 1.82) is 0 Å². The van der Waals surface area contributed by atoms with Crippen molar-refractivity contribution in [2.75, 3.05) is 11.9 Å². The monoisotopic (exact) mass is 247 g/mol. The predicted molar refractivity (Wildman–Crippen MR) is 67.1 cm³/mol. The van der Waals surface area contributed by atoms with E-state index in [1.165, 1.54) is 18.1 Å². The summed E-state index contributed by atoms with van der Waals surface area (Å²) < 4.78 is 0. The van der Waals surface area contributed by atoms with Crippen molar-refractivity contribution >= 4 is 17.6 Å². The lowest BCUT2D eigenvalue weighted by atomic mass is 10.3. The summed E-state index contributed by atoms with van der Waals surface area (Å²) in [6.45, 7) is 4.88. The predicted octanol–water partition coefficient (Wildman–Crippen LogP) is 2.16. The summed E-state index contributed by atoms with van der Waals surface area (Å²) in [5.74, 6) is 0.874. The number of nitrogens with zero attached hydrogens (tertiary/aromatic N) is 4. The van der Waals surface area contributed by atoms with E-state index < -0.39 is 0 Å². The Balaban J connectivity index is 2.24. The number of anilines is 1. The third-order valence-electron chi connectivity index (χ3n) is 2.14. The average molecular weight is 247 g/mol. The summed E-state index contributed by atoms with van der Waals surface area (Å²) in [6, 6.07) is 1.86. The maximum absolute atomic E-state index is 4.27. The third-order valence-corrected chi connectivity index (χ3v) is 3.19. The Hall–Kier alpha value is -1.69. The number of nitrogens with one attached hydrogen (secondary N) is 1. The van der Waals surface area contributed by atoms with Crippen molar-refractivity contribution < 1.29 is 0 Å². The minimum absolute atomic E-state index is 0.843. The molecule has 17 heavy (non-hydrogen) atoms. The molecule has 2 aromatic heterocycles. The molecule has 0 radical (unpaired) electrons. The zero-order valence-corrected chi connectivity index (χ0v) is 10.5. The van der Waals surface area contributed by atoms with E-state index in [1.54, 1.807) is 12.5 Å². The molecule has 1 N–H and O–H groups in total. The van der Waals surface area contributed by atoms with Gasteiger partial charge in [-0.25, -0.2) is 19.9 Å². The van der Waals surface area contributed by atoms with Gasteiger partial charge in [-0.15, -0.1) is 0 Å². The molecule has 0 aliphatic carbocycles. The van der Waals surface area contributed by atoms with E-state index in [1.807, 2.05) is 19.9 Å². The summed E-state index contributed by atoms with van der Waals surface area (Å²) in [5, 5.41) is 5.00. The molecular formula is C11H13N5S. The van der Waals surface area contributed by atoms with Crippen LogP contribution in [0.15, 0.2) is 35.0 Å². The van der Waals surface area contributed by atoms with E-state index in [0.29, 0.717) is 0 Å². The zero-order chi connectivity index (χ0) is 12.1. The van der Waals surface area contributed by atoms with Gasteiger partial charge in [0.15, 0.2) is 0 Å². The van der Waals surface area contributed by atoms with Crippen LogP contribution in [0.5, 0.6) is 0 Å². The van der Waals surface area contributed by atoms with E-state index in [9.17, 15) is 0 Å². The number of rotatable bonds is 4. The van der Waals surface area contributed by atoms with Gasteiger partial charge >= 0.3 is 0 Å². The Morgan fingerprint density at radius 3 is 2.82 bits per heavy atom. The molecule has 0 bridgehead atoms. The molecule has 0 aliphatic heterocycles. The zero-order valence-electron chi connectivity index (χ0n) is 9.71. The third kappa shape index (κ3) is 2.91. The molecule has 0 saturated carbocycles. The highest BCUT2D eigenvalue weighted by Gasteiger charge is 2.08. The second-order valence-corrected chi connectivity index (χ2v) is 4.34. The minimum Gasteiger partial charge on any atom is -0.370 e. The Morgan fingerprint density at radius 2 is 2.12 bits per heavy atom. The van der Waals surface area contributed by atoms with Crippen LogP contribution in [0.25, 0.3) is 0 Å². The molecule has 2 aromatic rings. The van der Waals surface area contributed by atoms with Gasteiger partial charge in [-0.3, -0.25) is 0 Å². The van der Waals surface area contributed by atoms with Crippen molar-refractivity contribution in [2.45, 2.75) is 23.9 Å². The lowest BCUT2D eigenvalue weighted by molar-refractivity contribution is 0.980. The Labute approximate surface area is 104 Å². The van der Waals surface area contributed by atoms with E-state index in [0.717, 1.165) is 28.0 Å². The lowest BCUT2D eigenvalue weighted by Crippen LogP contribution is -2.03. The van der Waals surface area contributed by atoms with Crippen LogP contribution >= 0.6 is 11.8 Å². The average Bonchev–Trinajstić information content (AvgIpc) is 2.36. The highest BCUT2D eigenvalue weighted by Crippen LogP contribution is 2.28. The first-order valence-electron chi connectivity index (χ1n) is 5.30. The van der Waals surface area contributed by atoms with Crippen LogP contribution in [0.2, 0.25) is 0 Å². The summed E-state index contributed by atoms with van der Waals surface area (Å²) in [4.78, 5) is 16.5. The standard InChI is InChI=1S/C11H13N5S/c1-3-13-10-8(2)11(16-7-15-10)17-9-4-5-12-6-14-9/h4-7H,3H2,1-2H3,(H,13,15,16). The largest absolute Gasteiger partial charge is 0.370 e.